The molecule has 1 rings (SSSR count). The van der Waals surface area contributed by atoms with Gasteiger partial charge in [-0.3, -0.25) is 0 Å². The minimum Gasteiger partial charge on any atom is -0.396 e. The van der Waals surface area contributed by atoms with Crippen LogP contribution < -0.4 is 0 Å². The first kappa shape index (κ1) is 12.9. The van der Waals surface area contributed by atoms with E-state index in [0.717, 1.165) is 12.8 Å². The highest BCUT2D eigenvalue weighted by Gasteiger charge is 2.27. The maximum Gasteiger partial charge on any atom is 0.216 e. The highest BCUT2D eigenvalue weighted by atomic mass is 32.2. The summed E-state index contributed by atoms with van der Waals surface area (Å²) in [5.74, 6) is 0.123. The van der Waals surface area contributed by atoms with Gasteiger partial charge in [0.25, 0.3) is 0 Å². The molecule has 1 saturated heterocycles. The molecule has 0 aromatic heterocycles. The lowest BCUT2D eigenvalue weighted by Crippen LogP contribution is -2.42. The number of rotatable bonds is 5. The molecule has 1 atom stereocenters. The molecule has 0 saturated carbocycles. The summed E-state index contributed by atoms with van der Waals surface area (Å²) in [4.78, 5) is 0. The first-order valence-corrected chi connectivity index (χ1v) is 6.78. The van der Waals surface area contributed by atoms with Crippen LogP contribution in [0.2, 0.25) is 0 Å². The van der Waals surface area contributed by atoms with Crippen LogP contribution in [0.3, 0.4) is 0 Å². The average molecular weight is 237 g/mol. The Labute approximate surface area is 91.1 Å². The molecule has 1 heterocycles. The minimum absolute atomic E-state index is 0.0294. The van der Waals surface area contributed by atoms with Crippen molar-refractivity contribution in [3.05, 3.63) is 0 Å². The zero-order valence-electron chi connectivity index (χ0n) is 9.05. The van der Waals surface area contributed by atoms with Crippen LogP contribution in [0.15, 0.2) is 0 Å². The summed E-state index contributed by atoms with van der Waals surface area (Å²) in [6, 6.07) is 0. The summed E-state index contributed by atoms with van der Waals surface area (Å²) in [5, 5.41) is 9.00. The van der Waals surface area contributed by atoms with Crippen molar-refractivity contribution < 1.29 is 18.3 Å². The van der Waals surface area contributed by atoms with Crippen molar-refractivity contribution in [1.82, 2.24) is 4.31 Å². The highest BCUT2D eigenvalue weighted by Crippen LogP contribution is 2.18. The van der Waals surface area contributed by atoms with E-state index in [9.17, 15) is 8.42 Å². The van der Waals surface area contributed by atoms with E-state index in [-0.39, 0.29) is 24.9 Å². The number of hydrogen-bond donors (Lipinski definition) is 1. The Kier molecular flexibility index (Phi) is 4.98. The van der Waals surface area contributed by atoms with Crippen LogP contribution in [0.5, 0.6) is 0 Å². The van der Waals surface area contributed by atoms with Crippen LogP contribution in [0.4, 0.5) is 0 Å². The molecule has 0 radical (unpaired) electrons. The van der Waals surface area contributed by atoms with Gasteiger partial charge in [0.05, 0.1) is 12.4 Å². The SMILES string of the molecule is COCCS(=O)(=O)N1CCCC(CO)C1. The number of sulfonamides is 1. The van der Waals surface area contributed by atoms with E-state index in [1.165, 1.54) is 11.4 Å². The number of aliphatic hydroxyl groups excluding tert-OH is 1. The number of methoxy groups -OCH3 is 1. The van der Waals surface area contributed by atoms with Crippen molar-refractivity contribution in [2.24, 2.45) is 5.92 Å². The molecule has 1 N–H and O–H groups in total. The Morgan fingerprint density at radius 3 is 2.87 bits per heavy atom. The largest absolute Gasteiger partial charge is 0.396 e. The van der Waals surface area contributed by atoms with Gasteiger partial charge >= 0.3 is 0 Å². The lowest BCUT2D eigenvalue weighted by Gasteiger charge is -2.30. The average Bonchev–Trinajstić information content (AvgIpc) is 2.26. The Morgan fingerprint density at radius 1 is 1.53 bits per heavy atom. The third-order valence-corrected chi connectivity index (χ3v) is 4.48. The van der Waals surface area contributed by atoms with E-state index >= 15 is 0 Å². The zero-order valence-corrected chi connectivity index (χ0v) is 9.87. The van der Waals surface area contributed by atoms with Gasteiger partial charge in [-0.2, -0.15) is 0 Å². The second-order valence-corrected chi connectivity index (χ2v) is 5.95. The maximum absolute atomic E-state index is 11.8. The molecule has 0 amide bonds. The van der Waals surface area contributed by atoms with Crippen molar-refractivity contribution in [3.8, 4) is 0 Å². The molecule has 15 heavy (non-hydrogen) atoms. The molecule has 1 aliphatic heterocycles. The summed E-state index contributed by atoms with van der Waals surface area (Å²) in [7, 11) is -1.70. The van der Waals surface area contributed by atoms with Gasteiger partial charge in [-0.25, -0.2) is 12.7 Å². The quantitative estimate of drug-likeness (QED) is 0.711. The Hall–Kier alpha value is -0.170. The van der Waals surface area contributed by atoms with Crippen molar-refractivity contribution >= 4 is 10.0 Å². The molecule has 1 fully saturated rings. The van der Waals surface area contributed by atoms with Crippen molar-refractivity contribution in [2.75, 3.05) is 39.2 Å². The Balaban J connectivity index is 2.54. The van der Waals surface area contributed by atoms with Crippen LogP contribution in [0, 0.1) is 5.92 Å². The summed E-state index contributed by atoms with van der Waals surface area (Å²) >= 11 is 0. The lowest BCUT2D eigenvalue weighted by atomic mass is 10.0. The molecule has 0 spiro atoms. The number of hydrogen-bond acceptors (Lipinski definition) is 4. The topological polar surface area (TPSA) is 66.8 Å². The Bertz CT molecular complexity index is 278. The first-order valence-electron chi connectivity index (χ1n) is 5.17. The molecular formula is C9H19NO4S. The fourth-order valence-electron chi connectivity index (χ4n) is 1.75. The predicted octanol–water partition coefficient (Wildman–Crippen LogP) is -0.333. The summed E-state index contributed by atoms with van der Waals surface area (Å²) in [5.41, 5.74) is 0. The van der Waals surface area contributed by atoms with Gasteiger partial charge in [-0.1, -0.05) is 0 Å². The van der Waals surface area contributed by atoms with Gasteiger partial charge in [0.2, 0.25) is 10.0 Å². The standard InChI is InChI=1S/C9H19NO4S/c1-14-5-6-15(12,13)10-4-2-3-9(7-10)8-11/h9,11H,2-8H2,1H3. The predicted molar refractivity (Wildman–Crippen MR) is 57.0 cm³/mol. The minimum atomic E-state index is -3.19. The van der Waals surface area contributed by atoms with Crippen molar-refractivity contribution in [3.63, 3.8) is 0 Å². The fourth-order valence-corrected chi connectivity index (χ4v) is 3.23. The lowest BCUT2D eigenvalue weighted by molar-refractivity contribution is 0.164. The monoisotopic (exact) mass is 237 g/mol. The van der Waals surface area contributed by atoms with E-state index in [2.05, 4.69) is 0 Å². The molecule has 1 unspecified atom stereocenters. The van der Waals surface area contributed by atoms with Gasteiger partial charge in [-0.05, 0) is 18.8 Å². The van der Waals surface area contributed by atoms with Gasteiger partial charge in [0.1, 0.15) is 0 Å². The smallest absolute Gasteiger partial charge is 0.216 e. The molecule has 0 bridgehead atoms. The third kappa shape index (κ3) is 3.71. The van der Waals surface area contributed by atoms with E-state index in [1.807, 2.05) is 0 Å². The van der Waals surface area contributed by atoms with Crippen LogP contribution >= 0.6 is 0 Å². The fraction of sp³-hybridized carbons (Fsp3) is 1.00. The molecule has 5 nitrogen and oxygen atoms in total. The van der Waals surface area contributed by atoms with Crippen LogP contribution in [0.25, 0.3) is 0 Å². The molecule has 90 valence electrons. The molecule has 0 aliphatic carbocycles. The van der Waals surface area contributed by atoms with Gasteiger partial charge in [-0.15, -0.1) is 0 Å². The van der Waals surface area contributed by atoms with E-state index in [4.69, 9.17) is 9.84 Å². The van der Waals surface area contributed by atoms with Crippen molar-refractivity contribution in [2.45, 2.75) is 12.8 Å². The third-order valence-electron chi connectivity index (χ3n) is 2.68. The van der Waals surface area contributed by atoms with E-state index in [0.29, 0.717) is 13.1 Å². The van der Waals surface area contributed by atoms with E-state index < -0.39 is 10.0 Å². The molecular weight excluding hydrogens is 218 g/mol. The second-order valence-electron chi connectivity index (χ2n) is 3.86. The Morgan fingerprint density at radius 2 is 2.27 bits per heavy atom. The van der Waals surface area contributed by atoms with Gasteiger partial charge < -0.3 is 9.84 Å². The summed E-state index contributed by atoms with van der Waals surface area (Å²) < 4.78 is 29.8. The van der Waals surface area contributed by atoms with Crippen LogP contribution in [-0.2, 0) is 14.8 Å². The van der Waals surface area contributed by atoms with E-state index in [1.54, 1.807) is 0 Å². The van der Waals surface area contributed by atoms with Gasteiger partial charge in [0.15, 0.2) is 0 Å². The maximum atomic E-state index is 11.8. The molecule has 1 aliphatic rings. The number of aliphatic hydroxyl groups is 1. The van der Waals surface area contributed by atoms with Crippen LogP contribution in [0.1, 0.15) is 12.8 Å². The number of nitrogens with zero attached hydrogens (tertiary/aromatic N) is 1. The normalized spacial score (nSPS) is 24.3. The van der Waals surface area contributed by atoms with Crippen molar-refractivity contribution in [1.29, 1.82) is 0 Å². The molecule has 0 aromatic carbocycles. The molecule has 6 heteroatoms. The first-order chi connectivity index (χ1) is 7.10. The summed E-state index contributed by atoms with van der Waals surface area (Å²) in [6.45, 7) is 1.31. The molecule has 0 aromatic rings. The van der Waals surface area contributed by atoms with Gasteiger partial charge in [0, 0.05) is 26.8 Å². The van der Waals surface area contributed by atoms with Crippen LogP contribution in [-0.4, -0.2) is 57.0 Å². The highest BCUT2D eigenvalue weighted by molar-refractivity contribution is 7.89. The number of piperidine rings is 1. The zero-order chi connectivity index (χ0) is 11.3. The number of ether oxygens (including phenoxy) is 1. The second kappa shape index (κ2) is 5.79. The summed E-state index contributed by atoms with van der Waals surface area (Å²) in [6.07, 6.45) is 1.74.